The predicted octanol–water partition coefficient (Wildman–Crippen LogP) is 3.38. The molecule has 1 aliphatic carbocycles. The number of hydrogen-bond acceptors (Lipinski definition) is 3. The van der Waals surface area contributed by atoms with Crippen LogP contribution >= 0.6 is 11.6 Å². The quantitative estimate of drug-likeness (QED) is 0.800. The lowest BCUT2D eigenvalue weighted by atomic mass is 9.97. The van der Waals surface area contributed by atoms with E-state index in [-0.39, 0.29) is 5.75 Å². The minimum atomic E-state index is 0.213. The molecule has 0 amide bonds. The molecule has 2 aromatic rings. The summed E-state index contributed by atoms with van der Waals surface area (Å²) in [4.78, 5) is 8.92. The number of phenolic OH excluding ortho intramolecular Hbond substituents is 1. The van der Waals surface area contributed by atoms with Crippen LogP contribution in [0.5, 0.6) is 5.75 Å². The molecule has 1 aliphatic rings. The first-order chi connectivity index (χ1) is 8.74. The van der Waals surface area contributed by atoms with Crippen molar-refractivity contribution in [3.63, 3.8) is 0 Å². The number of hydrogen-bond donors (Lipinski definition) is 1. The summed E-state index contributed by atoms with van der Waals surface area (Å²) in [7, 11) is 0. The molecule has 0 aliphatic heterocycles. The zero-order valence-corrected chi connectivity index (χ0v) is 10.6. The number of aromatic hydroxyl groups is 1. The molecule has 0 unspecified atom stereocenters. The molecule has 92 valence electrons. The molecule has 4 heteroatoms. The van der Waals surface area contributed by atoms with Gasteiger partial charge < -0.3 is 5.11 Å². The van der Waals surface area contributed by atoms with Gasteiger partial charge in [-0.15, -0.1) is 0 Å². The Morgan fingerprint density at radius 1 is 1.11 bits per heavy atom. The summed E-state index contributed by atoms with van der Waals surface area (Å²) in [6.45, 7) is 0. The van der Waals surface area contributed by atoms with Crippen molar-refractivity contribution in [2.45, 2.75) is 25.7 Å². The number of rotatable bonds is 1. The molecule has 0 atom stereocenters. The second-order valence-electron chi connectivity index (χ2n) is 4.52. The lowest BCUT2D eigenvalue weighted by Gasteiger charge is -2.16. The number of aryl methyl sites for hydroxylation is 1. The van der Waals surface area contributed by atoms with E-state index in [9.17, 15) is 5.11 Å². The molecular formula is C14H13ClN2O. The first kappa shape index (κ1) is 11.5. The highest BCUT2D eigenvalue weighted by Gasteiger charge is 2.17. The van der Waals surface area contributed by atoms with Gasteiger partial charge in [-0.25, -0.2) is 9.97 Å². The van der Waals surface area contributed by atoms with Gasteiger partial charge in [-0.2, -0.15) is 0 Å². The molecule has 3 rings (SSSR count). The molecular weight excluding hydrogens is 248 g/mol. The van der Waals surface area contributed by atoms with Gasteiger partial charge in [-0.05, 0) is 37.8 Å². The molecule has 1 heterocycles. The van der Waals surface area contributed by atoms with Gasteiger partial charge in [0.1, 0.15) is 10.9 Å². The largest absolute Gasteiger partial charge is 0.508 e. The number of aromatic nitrogens is 2. The standard InChI is InChI=1S/C14H13ClN2O/c15-13-11-6-1-2-7-12(11)16-14(17-13)9-4-3-5-10(18)8-9/h3-5,8,18H,1-2,6-7H2. The Morgan fingerprint density at radius 2 is 1.94 bits per heavy atom. The van der Waals surface area contributed by atoms with E-state index in [0.717, 1.165) is 42.5 Å². The van der Waals surface area contributed by atoms with Crippen LogP contribution in [0.4, 0.5) is 0 Å². The van der Waals surface area contributed by atoms with Crippen LogP contribution in [-0.2, 0) is 12.8 Å². The van der Waals surface area contributed by atoms with Gasteiger partial charge in [-0.1, -0.05) is 23.7 Å². The summed E-state index contributed by atoms with van der Waals surface area (Å²) in [6.07, 6.45) is 4.24. The van der Waals surface area contributed by atoms with Crippen LogP contribution in [0.15, 0.2) is 24.3 Å². The van der Waals surface area contributed by atoms with Gasteiger partial charge in [0.2, 0.25) is 0 Å². The Labute approximate surface area is 110 Å². The zero-order valence-electron chi connectivity index (χ0n) is 9.86. The minimum absolute atomic E-state index is 0.213. The van der Waals surface area contributed by atoms with Crippen LogP contribution in [-0.4, -0.2) is 15.1 Å². The normalized spacial score (nSPS) is 14.3. The maximum atomic E-state index is 9.49. The topological polar surface area (TPSA) is 46.0 Å². The fourth-order valence-corrected chi connectivity index (χ4v) is 2.61. The molecule has 0 fully saturated rings. The SMILES string of the molecule is Oc1cccc(-c2nc(Cl)c3c(n2)CCCC3)c1. The predicted molar refractivity (Wildman–Crippen MR) is 70.8 cm³/mol. The van der Waals surface area contributed by atoms with Gasteiger partial charge >= 0.3 is 0 Å². The molecule has 0 saturated heterocycles. The van der Waals surface area contributed by atoms with Crippen LogP contribution < -0.4 is 0 Å². The molecule has 3 nitrogen and oxygen atoms in total. The van der Waals surface area contributed by atoms with E-state index < -0.39 is 0 Å². The summed E-state index contributed by atoms with van der Waals surface area (Å²) in [5.41, 5.74) is 2.94. The molecule has 1 aromatic carbocycles. The van der Waals surface area contributed by atoms with Crippen LogP contribution in [0.2, 0.25) is 5.15 Å². The highest BCUT2D eigenvalue weighted by molar-refractivity contribution is 6.30. The molecule has 0 saturated carbocycles. The first-order valence-electron chi connectivity index (χ1n) is 6.09. The zero-order chi connectivity index (χ0) is 12.5. The van der Waals surface area contributed by atoms with Gasteiger partial charge in [0.05, 0.1) is 0 Å². The highest BCUT2D eigenvalue weighted by Crippen LogP contribution is 2.28. The van der Waals surface area contributed by atoms with Crippen LogP contribution in [0.3, 0.4) is 0 Å². The highest BCUT2D eigenvalue weighted by atomic mass is 35.5. The van der Waals surface area contributed by atoms with E-state index in [1.165, 1.54) is 0 Å². The van der Waals surface area contributed by atoms with E-state index in [1.807, 2.05) is 6.07 Å². The molecule has 0 radical (unpaired) electrons. The van der Waals surface area contributed by atoms with Crippen molar-refractivity contribution in [2.24, 2.45) is 0 Å². The average Bonchev–Trinajstić information content (AvgIpc) is 2.39. The van der Waals surface area contributed by atoms with Crippen molar-refractivity contribution in [1.29, 1.82) is 0 Å². The van der Waals surface area contributed by atoms with E-state index in [0.29, 0.717) is 11.0 Å². The Kier molecular flexibility index (Phi) is 2.92. The van der Waals surface area contributed by atoms with Crippen LogP contribution in [0, 0.1) is 0 Å². The van der Waals surface area contributed by atoms with Crippen molar-refractivity contribution in [1.82, 2.24) is 9.97 Å². The van der Waals surface area contributed by atoms with E-state index in [2.05, 4.69) is 9.97 Å². The Hall–Kier alpha value is -1.61. The lowest BCUT2D eigenvalue weighted by molar-refractivity contribution is 0.475. The van der Waals surface area contributed by atoms with Crippen molar-refractivity contribution >= 4 is 11.6 Å². The Bertz CT molecular complexity index is 598. The maximum Gasteiger partial charge on any atom is 0.161 e. The van der Waals surface area contributed by atoms with Crippen molar-refractivity contribution in [3.05, 3.63) is 40.7 Å². The van der Waals surface area contributed by atoms with Crippen molar-refractivity contribution in [3.8, 4) is 17.1 Å². The second-order valence-corrected chi connectivity index (χ2v) is 4.88. The number of fused-ring (bicyclic) bond motifs is 1. The van der Waals surface area contributed by atoms with Gasteiger partial charge in [0.15, 0.2) is 5.82 Å². The van der Waals surface area contributed by atoms with Gasteiger partial charge in [0.25, 0.3) is 0 Å². The summed E-state index contributed by atoms with van der Waals surface area (Å²) < 4.78 is 0. The number of nitrogens with zero attached hydrogens (tertiary/aromatic N) is 2. The minimum Gasteiger partial charge on any atom is -0.508 e. The van der Waals surface area contributed by atoms with Gasteiger partial charge in [0, 0.05) is 16.8 Å². The third kappa shape index (κ3) is 2.06. The fourth-order valence-electron chi connectivity index (χ4n) is 2.32. The van der Waals surface area contributed by atoms with Crippen LogP contribution in [0.25, 0.3) is 11.4 Å². The number of phenols is 1. The fraction of sp³-hybridized carbons (Fsp3) is 0.286. The van der Waals surface area contributed by atoms with E-state index >= 15 is 0 Å². The summed E-state index contributed by atoms with van der Waals surface area (Å²) in [6, 6.07) is 6.94. The summed E-state index contributed by atoms with van der Waals surface area (Å²) in [5.74, 6) is 0.807. The molecule has 18 heavy (non-hydrogen) atoms. The summed E-state index contributed by atoms with van der Waals surface area (Å²) in [5, 5.41) is 10.0. The summed E-state index contributed by atoms with van der Waals surface area (Å²) >= 11 is 6.22. The third-order valence-corrected chi connectivity index (χ3v) is 3.55. The molecule has 0 bridgehead atoms. The van der Waals surface area contributed by atoms with Crippen LogP contribution in [0.1, 0.15) is 24.1 Å². The molecule has 1 aromatic heterocycles. The Balaban J connectivity index is 2.11. The lowest BCUT2D eigenvalue weighted by Crippen LogP contribution is -2.08. The van der Waals surface area contributed by atoms with Crippen molar-refractivity contribution < 1.29 is 5.11 Å². The van der Waals surface area contributed by atoms with E-state index in [1.54, 1.807) is 18.2 Å². The smallest absolute Gasteiger partial charge is 0.161 e. The van der Waals surface area contributed by atoms with Gasteiger partial charge in [-0.3, -0.25) is 0 Å². The maximum absolute atomic E-state index is 9.49. The Morgan fingerprint density at radius 3 is 2.78 bits per heavy atom. The third-order valence-electron chi connectivity index (χ3n) is 3.24. The number of halogens is 1. The first-order valence-corrected chi connectivity index (χ1v) is 6.46. The number of benzene rings is 1. The monoisotopic (exact) mass is 260 g/mol. The second kappa shape index (κ2) is 4.58. The van der Waals surface area contributed by atoms with Crippen molar-refractivity contribution in [2.75, 3.05) is 0 Å². The average molecular weight is 261 g/mol. The molecule has 1 N–H and O–H groups in total. The van der Waals surface area contributed by atoms with E-state index in [4.69, 9.17) is 11.6 Å². The molecule has 0 spiro atoms.